The number of nitrogens with one attached hydrogen (secondary N) is 2. The van der Waals surface area contributed by atoms with Gasteiger partial charge in [0.25, 0.3) is 0 Å². The number of amides is 1. The lowest BCUT2D eigenvalue weighted by molar-refractivity contribution is -0.114. The van der Waals surface area contributed by atoms with Crippen molar-refractivity contribution in [3.8, 4) is 23.6 Å². The number of hydrogen-bond acceptors (Lipinski definition) is 5. The molecule has 0 aliphatic heterocycles. The fourth-order valence-corrected chi connectivity index (χ4v) is 3.49. The molecule has 2 N–H and O–H groups in total. The van der Waals surface area contributed by atoms with E-state index in [0.29, 0.717) is 5.13 Å². The summed E-state index contributed by atoms with van der Waals surface area (Å²) in [7, 11) is 0. The van der Waals surface area contributed by atoms with Gasteiger partial charge in [-0.15, -0.1) is 17.8 Å². The first-order valence-electron chi connectivity index (χ1n) is 7.47. The first-order valence-corrected chi connectivity index (χ1v) is 9.17. The molecular weight excluding hydrogens is 350 g/mol. The van der Waals surface area contributed by atoms with Gasteiger partial charge in [-0.3, -0.25) is 4.79 Å². The molecule has 2 aromatic carbocycles. The smallest absolute Gasteiger partial charge is 0.223 e. The van der Waals surface area contributed by atoms with Gasteiger partial charge in [0.1, 0.15) is 0 Å². The average molecular weight is 365 g/mol. The number of carbonyl (C=O) groups is 1. The molecule has 3 aromatic rings. The van der Waals surface area contributed by atoms with Gasteiger partial charge < -0.3 is 10.0 Å². The highest BCUT2D eigenvalue weighted by molar-refractivity contribution is 8.00. The molecule has 1 amide bonds. The SMILES string of the molecule is C#Cc1ccc(SNc2cccc(-c3csc(NC(C)=O)n3)c2)cc1. The van der Waals surface area contributed by atoms with Crippen LogP contribution in [-0.4, -0.2) is 10.9 Å². The molecule has 3 rings (SSSR count). The Balaban J connectivity index is 1.69. The molecular formula is C19H15N3OS2. The van der Waals surface area contributed by atoms with Crippen LogP contribution in [0.25, 0.3) is 11.3 Å². The van der Waals surface area contributed by atoms with Gasteiger partial charge >= 0.3 is 0 Å². The number of aromatic nitrogens is 1. The van der Waals surface area contributed by atoms with E-state index < -0.39 is 0 Å². The second-order valence-corrected chi connectivity index (χ2v) is 6.91. The summed E-state index contributed by atoms with van der Waals surface area (Å²) in [4.78, 5) is 16.6. The van der Waals surface area contributed by atoms with Crippen LogP contribution in [-0.2, 0) is 4.79 Å². The number of benzene rings is 2. The minimum absolute atomic E-state index is 0.122. The fraction of sp³-hybridized carbons (Fsp3) is 0.0526. The highest BCUT2D eigenvalue weighted by atomic mass is 32.2. The summed E-state index contributed by atoms with van der Waals surface area (Å²) in [5, 5.41) is 5.23. The molecule has 0 bridgehead atoms. The number of terminal acetylenes is 1. The third-order valence-corrected chi connectivity index (χ3v) is 4.86. The lowest BCUT2D eigenvalue weighted by atomic mass is 10.1. The summed E-state index contributed by atoms with van der Waals surface area (Å²) in [6.45, 7) is 1.47. The van der Waals surface area contributed by atoms with E-state index in [4.69, 9.17) is 6.42 Å². The maximum absolute atomic E-state index is 11.1. The summed E-state index contributed by atoms with van der Waals surface area (Å²) in [6, 6.07) is 15.8. The van der Waals surface area contributed by atoms with Crippen LogP contribution < -0.4 is 10.0 Å². The highest BCUT2D eigenvalue weighted by Crippen LogP contribution is 2.28. The van der Waals surface area contributed by atoms with Crippen LogP contribution in [0.1, 0.15) is 12.5 Å². The van der Waals surface area contributed by atoms with Gasteiger partial charge in [0.15, 0.2) is 5.13 Å². The van der Waals surface area contributed by atoms with E-state index in [1.54, 1.807) is 0 Å². The molecule has 25 heavy (non-hydrogen) atoms. The number of anilines is 2. The van der Waals surface area contributed by atoms with Gasteiger partial charge in [-0.2, -0.15) is 0 Å². The summed E-state index contributed by atoms with van der Waals surface area (Å²) in [6.07, 6.45) is 5.36. The topological polar surface area (TPSA) is 54.0 Å². The second kappa shape index (κ2) is 7.88. The van der Waals surface area contributed by atoms with Crippen molar-refractivity contribution in [2.75, 3.05) is 10.0 Å². The third-order valence-electron chi connectivity index (χ3n) is 3.25. The van der Waals surface area contributed by atoms with Crippen LogP contribution in [0.4, 0.5) is 10.8 Å². The van der Waals surface area contributed by atoms with Crippen molar-refractivity contribution < 1.29 is 4.79 Å². The standard InChI is InChI=1S/C19H15N3OS2/c1-3-14-7-9-17(10-8-14)25-22-16-6-4-5-15(11-16)18-12-24-19(21-18)20-13(2)23/h1,4-12,22H,2H3,(H,20,21,23). The highest BCUT2D eigenvalue weighted by Gasteiger charge is 2.06. The number of carbonyl (C=O) groups excluding carboxylic acids is 1. The zero-order valence-electron chi connectivity index (χ0n) is 13.4. The zero-order chi connectivity index (χ0) is 17.6. The Labute approximate surface area is 154 Å². The van der Waals surface area contributed by atoms with Crippen LogP contribution in [0.3, 0.4) is 0 Å². The minimum Gasteiger partial charge on any atom is -0.326 e. The van der Waals surface area contributed by atoms with Gasteiger partial charge in [-0.1, -0.05) is 18.1 Å². The molecule has 0 spiro atoms. The quantitative estimate of drug-likeness (QED) is 0.500. The van der Waals surface area contributed by atoms with Gasteiger partial charge in [0, 0.05) is 34.0 Å². The molecule has 0 saturated heterocycles. The normalized spacial score (nSPS) is 10.1. The summed E-state index contributed by atoms with van der Waals surface area (Å²) in [5.74, 6) is 2.48. The van der Waals surface area contributed by atoms with Crippen LogP contribution >= 0.6 is 23.3 Å². The van der Waals surface area contributed by atoms with E-state index >= 15 is 0 Å². The Hall–Kier alpha value is -2.75. The van der Waals surface area contributed by atoms with Crippen molar-refractivity contribution in [2.45, 2.75) is 11.8 Å². The Morgan fingerprint density at radius 3 is 2.76 bits per heavy atom. The molecule has 0 atom stereocenters. The van der Waals surface area contributed by atoms with Gasteiger partial charge in [-0.05, 0) is 48.3 Å². The van der Waals surface area contributed by atoms with Crippen LogP contribution in [0.2, 0.25) is 0 Å². The van der Waals surface area contributed by atoms with Crippen molar-refractivity contribution in [3.63, 3.8) is 0 Å². The lowest BCUT2D eigenvalue weighted by Crippen LogP contribution is -2.04. The van der Waals surface area contributed by atoms with E-state index in [1.165, 1.54) is 30.2 Å². The van der Waals surface area contributed by atoms with E-state index in [0.717, 1.165) is 27.4 Å². The van der Waals surface area contributed by atoms with Gasteiger partial charge in [0.05, 0.1) is 5.69 Å². The Kier molecular flexibility index (Phi) is 5.39. The van der Waals surface area contributed by atoms with Crippen LogP contribution in [0.15, 0.2) is 58.8 Å². The van der Waals surface area contributed by atoms with Crippen molar-refractivity contribution in [1.82, 2.24) is 4.98 Å². The molecule has 1 heterocycles. The van der Waals surface area contributed by atoms with Crippen molar-refractivity contribution in [1.29, 1.82) is 0 Å². The third kappa shape index (κ3) is 4.63. The predicted molar refractivity (Wildman–Crippen MR) is 106 cm³/mol. The molecule has 6 heteroatoms. The molecule has 0 aliphatic carbocycles. The van der Waals surface area contributed by atoms with E-state index in [2.05, 4.69) is 20.9 Å². The van der Waals surface area contributed by atoms with Gasteiger partial charge in [-0.25, -0.2) is 4.98 Å². The first-order chi connectivity index (χ1) is 12.1. The second-order valence-electron chi connectivity index (χ2n) is 5.17. The van der Waals surface area contributed by atoms with Crippen molar-refractivity contribution in [2.24, 2.45) is 0 Å². The zero-order valence-corrected chi connectivity index (χ0v) is 15.1. The van der Waals surface area contributed by atoms with E-state index in [-0.39, 0.29) is 5.91 Å². The van der Waals surface area contributed by atoms with Gasteiger partial charge in [0.2, 0.25) is 5.91 Å². The average Bonchev–Trinajstić information content (AvgIpc) is 3.08. The predicted octanol–water partition coefficient (Wildman–Crippen LogP) is 4.87. The minimum atomic E-state index is -0.122. The number of hydrogen-bond donors (Lipinski definition) is 2. The molecule has 1 aromatic heterocycles. The fourth-order valence-electron chi connectivity index (χ4n) is 2.09. The maximum Gasteiger partial charge on any atom is 0.223 e. The van der Waals surface area contributed by atoms with Crippen molar-refractivity contribution >= 4 is 40.0 Å². The molecule has 0 fully saturated rings. The Morgan fingerprint density at radius 1 is 1.24 bits per heavy atom. The van der Waals surface area contributed by atoms with Crippen LogP contribution in [0, 0.1) is 12.3 Å². The number of rotatable bonds is 5. The molecule has 4 nitrogen and oxygen atoms in total. The molecule has 0 unspecified atom stereocenters. The molecule has 124 valence electrons. The van der Waals surface area contributed by atoms with Crippen LogP contribution in [0.5, 0.6) is 0 Å². The molecule has 0 aliphatic rings. The number of thiazole rings is 1. The van der Waals surface area contributed by atoms with E-state index in [9.17, 15) is 4.79 Å². The summed E-state index contributed by atoms with van der Waals surface area (Å²) < 4.78 is 3.32. The largest absolute Gasteiger partial charge is 0.326 e. The lowest BCUT2D eigenvalue weighted by Gasteiger charge is -2.07. The van der Waals surface area contributed by atoms with Crippen molar-refractivity contribution in [3.05, 3.63) is 59.5 Å². The first kappa shape index (κ1) is 17.1. The summed E-state index contributed by atoms with van der Waals surface area (Å²) in [5.41, 5.74) is 3.66. The summed E-state index contributed by atoms with van der Waals surface area (Å²) >= 11 is 2.92. The molecule has 0 radical (unpaired) electrons. The van der Waals surface area contributed by atoms with E-state index in [1.807, 2.05) is 53.9 Å². The number of nitrogens with zero attached hydrogens (tertiary/aromatic N) is 1. The maximum atomic E-state index is 11.1. The monoisotopic (exact) mass is 365 g/mol. The molecule has 0 saturated carbocycles. The Morgan fingerprint density at radius 2 is 2.04 bits per heavy atom. The Bertz CT molecular complexity index is 926.